The monoisotopic (exact) mass is 248 g/mol. The first-order valence-electron chi connectivity index (χ1n) is 6.32. The van der Waals surface area contributed by atoms with Gasteiger partial charge < -0.3 is 9.32 Å². The van der Waals surface area contributed by atoms with E-state index in [1.54, 1.807) is 12.1 Å². The van der Waals surface area contributed by atoms with Crippen molar-refractivity contribution >= 4 is 11.7 Å². The van der Waals surface area contributed by atoms with Crippen LogP contribution < -0.4 is 0 Å². The lowest BCUT2D eigenvalue weighted by atomic mass is 10.1. The van der Waals surface area contributed by atoms with Crippen LogP contribution in [0.15, 0.2) is 22.8 Å². The van der Waals surface area contributed by atoms with Gasteiger partial charge in [0.1, 0.15) is 0 Å². The van der Waals surface area contributed by atoms with Gasteiger partial charge in [-0.25, -0.2) is 0 Å². The largest absolute Gasteiger partial charge is 0.461 e. The number of hydrogen-bond acceptors (Lipinski definition) is 4. The molecule has 0 saturated carbocycles. The van der Waals surface area contributed by atoms with Gasteiger partial charge in [-0.15, -0.1) is 0 Å². The zero-order valence-corrected chi connectivity index (χ0v) is 10.2. The van der Waals surface area contributed by atoms with E-state index in [0.717, 1.165) is 26.1 Å². The number of rotatable bonds is 3. The van der Waals surface area contributed by atoms with Gasteiger partial charge in [-0.1, -0.05) is 0 Å². The third kappa shape index (κ3) is 2.06. The van der Waals surface area contributed by atoms with Crippen LogP contribution in [0.4, 0.5) is 0 Å². The van der Waals surface area contributed by atoms with Crippen LogP contribution in [0, 0.1) is 0 Å². The summed E-state index contributed by atoms with van der Waals surface area (Å²) in [6.45, 7) is 2.70. The van der Waals surface area contributed by atoms with E-state index in [4.69, 9.17) is 4.42 Å². The second kappa shape index (κ2) is 4.57. The number of carbonyl (C=O) groups is 2. The first-order chi connectivity index (χ1) is 8.74. The van der Waals surface area contributed by atoms with E-state index in [-0.39, 0.29) is 11.7 Å². The average molecular weight is 248 g/mol. The third-order valence-electron chi connectivity index (χ3n) is 3.74. The molecule has 96 valence electrons. The number of carbonyl (C=O) groups excluding carboxylic acids is 2. The fraction of sp³-hybridized carbons (Fsp3) is 0.538. The molecule has 1 amide bonds. The normalized spacial score (nSPS) is 24.3. The zero-order chi connectivity index (χ0) is 12.5. The van der Waals surface area contributed by atoms with E-state index >= 15 is 0 Å². The maximum atomic E-state index is 11.9. The highest BCUT2D eigenvalue weighted by molar-refractivity contribution is 5.95. The molecule has 0 aliphatic carbocycles. The SMILES string of the molecule is O=C(CN1CCN2C(=O)CCC2C1)c1ccco1. The second-order valence-electron chi connectivity index (χ2n) is 4.92. The fourth-order valence-electron chi connectivity index (χ4n) is 2.79. The summed E-state index contributed by atoms with van der Waals surface area (Å²) in [6.07, 6.45) is 3.09. The number of fused-ring (bicyclic) bond motifs is 1. The van der Waals surface area contributed by atoms with Crippen LogP contribution in [0.25, 0.3) is 0 Å². The van der Waals surface area contributed by atoms with Crippen molar-refractivity contribution in [2.45, 2.75) is 18.9 Å². The van der Waals surface area contributed by atoms with Crippen molar-refractivity contribution in [2.24, 2.45) is 0 Å². The molecule has 2 aliphatic heterocycles. The van der Waals surface area contributed by atoms with E-state index in [1.165, 1.54) is 6.26 Å². The van der Waals surface area contributed by atoms with Crippen molar-refractivity contribution in [3.8, 4) is 0 Å². The second-order valence-corrected chi connectivity index (χ2v) is 4.92. The predicted octanol–water partition coefficient (Wildman–Crippen LogP) is 0.769. The maximum absolute atomic E-state index is 11.9. The molecule has 1 aromatic rings. The Morgan fingerprint density at radius 2 is 2.33 bits per heavy atom. The molecule has 5 nitrogen and oxygen atoms in total. The Kier molecular flexibility index (Phi) is 2.91. The minimum absolute atomic E-state index is 0.0118. The number of amides is 1. The van der Waals surface area contributed by atoms with Crippen LogP contribution in [0.3, 0.4) is 0 Å². The zero-order valence-electron chi connectivity index (χ0n) is 10.2. The van der Waals surface area contributed by atoms with Crippen molar-refractivity contribution in [3.63, 3.8) is 0 Å². The highest BCUT2D eigenvalue weighted by Crippen LogP contribution is 2.22. The first kappa shape index (κ1) is 11.5. The lowest BCUT2D eigenvalue weighted by Gasteiger charge is -2.37. The summed E-state index contributed by atoms with van der Waals surface area (Å²) in [5.74, 6) is 0.690. The highest BCUT2D eigenvalue weighted by Gasteiger charge is 2.35. The van der Waals surface area contributed by atoms with E-state index in [9.17, 15) is 9.59 Å². The molecular formula is C13H16N2O3. The maximum Gasteiger partial charge on any atom is 0.222 e. The van der Waals surface area contributed by atoms with Gasteiger partial charge in [0.15, 0.2) is 5.76 Å². The molecule has 0 aromatic carbocycles. The Morgan fingerprint density at radius 3 is 3.11 bits per heavy atom. The molecule has 0 spiro atoms. The highest BCUT2D eigenvalue weighted by atomic mass is 16.3. The van der Waals surface area contributed by atoms with Crippen LogP contribution in [0.2, 0.25) is 0 Å². The van der Waals surface area contributed by atoms with E-state index in [1.807, 2.05) is 4.90 Å². The predicted molar refractivity (Wildman–Crippen MR) is 64.2 cm³/mol. The Morgan fingerprint density at radius 1 is 1.44 bits per heavy atom. The molecule has 3 heterocycles. The quantitative estimate of drug-likeness (QED) is 0.741. The Bertz CT molecular complexity index is 455. The van der Waals surface area contributed by atoms with Crippen LogP contribution >= 0.6 is 0 Å². The van der Waals surface area contributed by atoms with E-state index < -0.39 is 0 Å². The minimum atomic E-state index is 0.0118. The topological polar surface area (TPSA) is 53.8 Å². The summed E-state index contributed by atoms with van der Waals surface area (Å²) in [4.78, 5) is 27.5. The van der Waals surface area contributed by atoms with E-state index in [0.29, 0.717) is 24.8 Å². The summed E-state index contributed by atoms with van der Waals surface area (Å²) in [5.41, 5.74) is 0. The molecule has 1 atom stereocenters. The average Bonchev–Trinajstić information content (AvgIpc) is 2.99. The van der Waals surface area contributed by atoms with Gasteiger partial charge in [0.05, 0.1) is 12.8 Å². The van der Waals surface area contributed by atoms with Crippen molar-refractivity contribution in [2.75, 3.05) is 26.2 Å². The number of hydrogen-bond donors (Lipinski definition) is 0. The Balaban J connectivity index is 1.59. The molecule has 2 aliphatic rings. The molecule has 1 unspecified atom stereocenters. The lowest BCUT2D eigenvalue weighted by Crippen LogP contribution is -2.52. The number of Topliss-reactive ketones (excluding diaryl/α,β-unsaturated/α-hetero) is 1. The molecule has 0 bridgehead atoms. The number of ketones is 1. The summed E-state index contributed by atoms with van der Waals surface area (Å²) in [7, 11) is 0. The Labute approximate surface area is 105 Å². The summed E-state index contributed by atoms with van der Waals surface area (Å²) in [6, 6.07) is 3.72. The molecule has 1 aromatic heterocycles. The number of piperazine rings is 1. The van der Waals surface area contributed by atoms with Crippen molar-refractivity contribution < 1.29 is 14.0 Å². The Hall–Kier alpha value is -1.62. The van der Waals surface area contributed by atoms with Gasteiger partial charge in [-0.05, 0) is 18.6 Å². The van der Waals surface area contributed by atoms with Crippen LogP contribution in [0.1, 0.15) is 23.4 Å². The summed E-state index contributed by atoms with van der Waals surface area (Å²) < 4.78 is 5.10. The van der Waals surface area contributed by atoms with Gasteiger partial charge in [-0.3, -0.25) is 14.5 Å². The molecule has 3 rings (SSSR count). The third-order valence-corrected chi connectivity index (χ3v) is 3.74. The summed E-state index contributed by atoms with van der Waals surface area (Å²) in [5, 5.41) is 0. The van der Waals surface area contributed by atoms with Gasteiger partial charge in [0.25, 0.3) is 0 Å². The van der Waals surface area contributed by atoms with Crippen molar-refractivity contribution in [3.05, 3.63) is 24.2 Å². The van der Waals surface area contributed by atoms with Crippen LogP contribution in [-0.4, -0.2) is 53.7 Å². The van der Waals surface area contributed by atoms with Crippen LogP contribution in [-0.2, 0) is 4.79 Å². The summed E-state index contributed by atoms with van der Waals surface area (Å²) >= 11 is 0. The molecule has 2 saturated heterocycles. The first-order valence-corrected chi connectivity index (χ1v) is 6.32. The molecule has 2 fully saturated rings. The van der Waals surface area contributed by atoms with Crippen molar-refractivity contribution in [1.82, 2.24) is 9.80 Å². The van der Waals surface area contributed by atoms with Gasteiger partial charge in [-0.2, -0.15) is 0 Å². The van der Waals surface area contributed by atoms with Crippen molar-refractivity contribution in [1.29, 1.82) is 0 Å². The smallest absolute Gasteiger partial charge is 0.222 e. The van der Waals surface area contributed by atoms with E-state index in [2.05, 4.69) is 4.90 Å². The molecule has 0 N–H and O–H groups in total. The molecular weight excluding hydrogens is 232 g/mol. The van der Waals surface area contributed by atoms with Gasteiger partial charge in [0.2, 0.25) is 11.7 Å². The van der Waals surface area contributed by atoms with Gasteiger partial charge in [0, 0.05) is 32.1 Å². The van der Waals surface area contributed by atoms with Crippen LogP contribution in [0.5, 0.6) is 0 Å². The molecule has 0 radical (unpaired) electrons. The van der Waals surface area contributed by atoms with Gasteiger partial charge >= 0.3 is 0 Å². The molecule has 18 heavy (non-hydrogen) atoms. The molecule has 5 heteroatoms. The fourth-order valence-corrected chi connectivity index (χ4v) is 2.79. The number of nitrogens with zero attached hydrogens (tertiary/aromatic N) is 2. The number of furan rings is 1. The lowest BCUT2D eigenvalue weighted by molar-refractivity contribution is -0.130. The standard InChI is InChI=1S/C13H16N2O3/c16-11(12-2-1-7-18-12)9-14-5-6-15-10(8-14)3-4-13(15)17/h1-2,7,10H,3-6,8-9H2. The minimum Gasteiger partial charge on any atom is -0.461 e.